The van der Waals surface area contributed by atoms with E-state index in [1.165, 1.54) is 31.2 Å². The maximum Gasteiger partial charge on any atom is 0.200 e. The molecule has 1 unspecified atom stereocenters. The van der Waals surface area contributed by atoms with E-state index in [2.05, 4.69) is 5.32 Å². The summed E-state index contributed by atoms with van der Waals surface area (Å²) in [6, 6.07) is 4.92. The minimum atomic E-state index is -2.21. The number of benzene rings is 2. The Kier molecular flexibility index (Phi) is 4.02. The molecule has 0 saturated carbocycles. The Hall–Kier alpha value is -2.31. The third kappa shape index (κ3) is 2.76. The fraction of sp³-hybridized carbons (Fsp3) is 0.143. The molecule has 2 aromatic carbocycles. The lowest BCUT2D eigenvalue weighted by Gasteiger charge is -2.17. The lowest BCUT2D eigenvalue weighted by molar-refractivity contribution is 0.381. The van der Waals surface area contributed by atoms with Crippen molar-refractivity contribution in [2.75, 3.05) is 5.32 Å². The van der Waals surface area contributed by atoms with E-state index in [1.54, 1.807) is 0 Å². The minimum absolute atomic E-state index is 0.0847. The first kappa shape index (κ1) is 15.1. The molecule has 0 aliphatic rings. The SMILES string of the molecule is CC(Nc1c(F)c(F)c(F)c(F)c1F)c1cccc(O)c1. The second-order valence-corrected chi connectivity index (χ2v) is 4.41. The third-order valence-corrected chi connectivity index (χ3v) is 2.94. The van der Waals surface area contributed by atoms with Crippen molar-refractivity contribution in [3.8, 4) is 5.75 Å². The summed E-state index contributed by atoms with van der Waals surface area (Å²) < 4.78 is 66.1. The quantitative estimate of drug-likeness (QED) is 0.504. The summed E-state index contributed by atoms with van der Waals surface area (Å²) in [4.78, 5) is 0. The largest absolute Gasteiger partial charge is 0.508 e. The first-order chi connectivity index (χ1) is 9.82. The molecule has 1 atom stereocenters. The Bertz CT molecular complexity index is 660. The van der Waals surface area contributed by atoms with Gasteiger partial charge in [-0.15, -0.1) is 0 Å². The van der Waals surface area contributed by atoms with Crippen LogP contribution in [0.2, 0.25) is 0 Å². The van der Waals surface area contributed by atoms with Crippen molar-refractivity contribution in [2.24, 2.45) is 0 Å². The molecule has 2 aromatic rings. The summed E-state index contributed by atoms with van der Waals surface area (Å²) in [5, 5.41) is 11.5. The predicted molar refractivity (Wildman–Crippen MR) is 66.4 cm³/mol. The van der Waals surface area contributed by atoms with E-state index in [-0.39, 0.29) is 5.75 Å². The van der Waals surface area contributed by atoms with Gasteiger partial charge in [0.25, 0.3) is 0 Å². The molecule has 0 radical (unpaired) electrons. The summed E-state index contributed by atoms with van der Waals surface area (Å²) in [6.07, 6.45) is 0. The molecule has 0 saturated heterocycles. The number of hydrogen-bond acceptors (Lipinski definition) is 2. The fourth-order valence-electron chi connectivity index (χ4n) is 1.83. The van der Waals surface area contributed by atoms with Crippen molar-refractivity contribution in [2.45, 2.75) is 13.0 Å². The van der Waals surface area contributed by atoms with Crippen molar-refractivity contribution >= 4 is 5.69 Å². The van der Waals surface area contributed by atoms with Crippen LogP contribution in [0.3, 0.4) is 0 Å². The molecule has 21 heavy (non-hydrogen) atoms. The molecule has 112 valence electrons. The third-order valence-electron chi connectivity index (χ3n) is 2.94. The lowest BCUT2D eigenvalue weighted by atomic mass is 10.1. The van der Waals surface area contributed by atoms with E-state index in [9.17, 15) is 27.1 Å². The number of phenolic OH excluding ortho intramolecular Hbond substituents is 1. The molecule has 2 nitrogen and oxygen atoms in total. The highest BCUT2D eigenvalue weighted by Crippen LogP contribution is 2.30. The van der Waals surface area contributed by atoms with Gasteiger partial charge >= 0.3 is 0 Å². The number of phenols is 1. The Morgan fingerprint density at radius 2 is 1.43 bits per heavy atom. The van der Waals surface area contributed by atoms with Crippen LogP contribution in [0.15, 0.2) is 24.3 Å². The van der Waals surface area contributed by atoms with Crippen LogP contribution in [-0.2, 0) is 0 Å². The number of anilines is 1. The van der Waals surface area contributed by atoms with Crippen LogP contribution in [0.1, 0.15) is 18.5 Å². The number of rotatable bonds is 3. The second kappa shape index (κ2) is 5.59. The average molecular weight is 303 g/mol. The molecule has 0 bridgehead atoms. The Morgan fingerprint density at radius 1 is 0.905 bits per heavy atom. The molecular formula is C14H10F5NO. The number of aromatic hydroxyl groups is 1. The van der Waals surface area contributed by atoms with E-state index >= 15 is 0 Å². The molecule has 0 aromatic heterocycles. The summed E-state index contributed by atoms with van der Waals surface area (Å²) in [6.45, 7) is 1.45. The molecule has 0 heterocycles. The minimum Gasteiger partial charge on any atom is -0.508 e. The maximum atomic E-state index is 13.5. The average Bonchev–Trinajstić information content (AvgIpc) is 2.47. The lowest BCUT2D eigenvalue weighted by Crippen LogP contribution is -2.13. The monoisotopic (exact) mass is 303 g/mol. The number of halogens is 5. The van der Waals surface area contributed by atoms with Crippen LogP contribution in [-0.4, -0.2) is 5.11 Å². The van der Waals surface area contributed by atoms with Crippen LogP contribution in [0.4, 0.5) is 27.6 Å². The van der Waals surface area contributed by atoms with Crippen LogP contribution < -0.4 is 5.32 Å². The van der Waals surface area contributed by atoms with Gasteiger partial charge < -0.3 is 10.4 Å². The topological polar surface area (TPSA) is 32.3 Å². The number of nitrogens with one attached hydrogen (secondary N) is 1. The molecule has 0 aliphatic heterocycles. The second-order valence-electron chi connectivity index (χ2n) is 4.41. The van der Waals surface area contributed by atoms with Crippen molar-refractivity contribution in [1.29, 1.82) is 0 Å². The maximum absolute atomic E-state index is 13.5. The zero-order valence-electron chi connectivity index (χ0n) is 10.7. The van der Waals surface area contributed by atoms with Gasteiger partial charge in [-0.3, -0.25) is 0 Å². The van der Waals surface area contributed by atoms with Crippen LogP contribution in [0, 0.1) is 29.1 Å². The molecule has 0 fully saturated rings. The van der Waals surface area contributed by atoms with Crippen molar-refractivity contribution in [1.82, 2.24) is 0 Å². The van der Waals surface area contributed by atoms with Gasteiger partial charge in [0.1, 0.15) is 11.4 Å². The van der Waals surface area contributed by atoms with Crippen molar-refractivity contribution in [3.05, 3.63) is 58.9 Å². The van der Waals surface area contributed by atoms with Gasteiger partial charge in [-0.1, -0.05) is 12.1 Å². The van der Waals surface area contributed by atoms with Crippen LogP contribution in [0.5, 0.6) is 5.75 Å². The van der Waals surface area contributed by atoms with E-state index in [0.29, 0.717) is 5.56 Å². The summed E-state index contributed by atoms with van der Waals surface area (Å²) in [7, 11) is 0. The van der Waals surface area contributed by atoms with Gasteiger partial charge in [0.05, 0.1) is 0 Å². The zero-order chi connectivity index (χ0) is 15.7. The molecule has 0 spiro atoms. The highest BCUT2D eigenvalue weighted by molar-refractivity contribution is 5.49. The van der Waals surface area contributed by atoms with E-state index < -0.39 is 40.8 Å². The zero-order valence-corrected chi connectivity index (χ0v) is 10.7. The molecule has 2 rings (SSSR count). The summed E-state index contributed by atoms with van der Waals surface area (Å²) in [5.74, 6) is -10.2. The molecular weight excluding hydrogens is 293 g/mol. The highest BCUT2D eigenvalue weighted by atomic mass is 19.2. The van der Waals surface area contributed by atoms with Gasteiger partial charge in [-0.05, 0) is 24.6 Å². The smallest absolute Gasteiger partial charge is 0.200 e. The Balaban J connectivity index is 2.40. The van der Waals surface area contributed by atoms with Crippen LogP contribution >= 0.6 is 0 Å². The highest BCUT2D eigenvalue weighted by Gasteiger charge is 2.26. The van der Waals surface area contributed by atoms with Gasteiger partial charge in [0, 0.05) is 6.04 Å². The summed E-state index contributed by atoms with van der Waals surface area (Å²) in [5.41, 5.74) is -0.693. The van der Waals surface area contributed by atoms with Gasteiger partial charge in [0.15, 0.2) is 23.3 Å². The van der Waals surface area contributed by atoms with Gasteiger partial charge in [0.2, 0.25) is 5.82 Å². The number of hydrogen-bond donors (Lipinski definition) is 2. The van der Waals surface area contributed by atoms with E-state index in [0.717, 1.165) is 0 Å². The first-order valence-electron chi connectivity index (χ1n) is 5.89. The normalized spacial score (nSPS) is 12.3. The van der Waals surface area contributed by atoms with E-state index in [1.807, 2.05) is 0 Å². The summed E-state index contributed by atoms with van der Waals surface area (Å²) >= 11 is 0. The molecule has 0 amide bonds. The Labute approximate surface area is 116 Å². The standard InChI is InChI=1S/C14H10F5NO/c1-6(7-3-2-4-8(21)5-7)20-14-12(18)10(16)9(15)11(17)13(14)19/h2-6,20-21H,1H3. The fourth-order valence-corrected chi connectivity index (χ4v) is 1.83. The molecule has 0 aliphatic carbocycles. The van der Waals surface area contributed by atoms with Crippen molar-refractivity contribution in [3.63, 3.8) is 0 Å². The van der Waals surface area contributed by atoms with E-state index in [4.69, 9.17) is 0 Å². The van der Waals surface area contributed by atoms with Gasteiger partial charge in [-0.25, -0.2) is 22.0 Å². The van der Waals surface area contributed by atoms with Gasteiger partial charge in [-0.2, -0.15) is 0 Å². The van der Waals surface area contributed by atoms with Crippen molar-refractivity contribution < 1.29 is 27.1 Å². The first-order valence-corrected chi connectivity index (χ1v) is 5.89. The van der Waals surface area contributed by atoms with Crippen LogP contribution in [0.25, 0.3) is 0 Å². The molecule has 2 N–H and O–H groups in total. The Morgan fingerprint density at radius 3 is 1.95 bits per heavy atom. The molecule has 7 heteroatoms. The predicted octanol–water partition coefficient (Wildman–Crippen LogP) is 4.26.